The Labute approximate surface area is 230 Å². The van der Waals surface area contributed by atoms with Gasteiger partial charge in [0.1, 0.15) is 6.54 Å². The molecule has 0 atom stereocenters. The number of thiophene rings is 1. The lowest BCUT2D eigenvalue weighted by atomic mass is 10.1. The number of nitrogens with zero attached hydrogens (tertiary/aromatic N) is 3. The molecule has 1 saturated heterocycles. The second kappa shape index (κ2) is 14.1. The number of carbonyl (C=O) groups is 2. The second-order valence-electron chi connectivity index (χ2n) is 9.61. The summed E-state index contributed by atoms with van der Waals surface area (Å²) in [6.07, 6.45) is 0.888. The van der Waals surface area contributed by atoms with Gasteiger partial charge < -0.3 is 19.9 Å². The van der Waals surface area contributed by atoms with Gasteiger partial charge in [-0.1, -0.05) is 49.4 Å². The van der Waals surface area contributed by atoms with Crippen molar-refractivity contribution >= 4 is 29.0 Å². The lowest BCUT2D eigenvalue weighted by molar-refractivity contribution is -0.133. The standard InChI is InChI=1S/C30H38N4O3S/c1-3-25-10-7-11-27(20-25)31-30(36)33(15-14-32-16-18-37-19-17-32)23-29(35)34(21-26-8-5-4-6-9-26)22-28-13-12-24(2)38-28/h4-13,20H,3,14-19,21-23H2,1-2H3,(H,31,36). The van der Waals surface area contributed by atoms with Gasteiger partial charge >= 0.3 is 6.03 Å². The van der Waals surface area contributed by atoms with Crippen LogP contribution in [0.1, 0.15) is 27.8 Å². The average molecular weight is 535 g/mol. The van der Waals surface area contributed by atoms with Crippen LogP contribution in [-0.2, 0) is 29.0 Å². The van der Waals surface area contributed by atoms with Gasteiger partial charge in [0.2, 0.25) is 5.91 Å². The van der Waals surface area contributed by atoms with E-state index in [4.69, 9.17) is 4.74 Å². The first kappa shape index (κ1) is 27.8. The van der Waals surface area contributed by atoms with Gasteiger partial charge in [-0.15, -0.1) is 11.3 Å². The van der Waals surface area contributed by atoms with E-state index in [0.29, 0.717) is 39.4 Å². The molecule has 0 bridgehead atoms. The zero-order valence-corrected chi connectivity index (χ0v) is 23.2. The number of hydrogen-bond donors (Lipinski definition) is 1. The molecule has 0 spiro atoms. The van der Waals surface area contributed by atoms with Gasteiger partial charge in [-0.25, -0.2) is 4.79 Å². The van der Waals surface area contributed by atoms with Gasteiger partial charge in [0, 0.05) is 48.2 Å². The van der Waals surface area contributed by atoms with Gasteiger partial charge in [0.15, 0.2) is 0 Å². The van der Waals surface area contributed by atoms with Crippen molar-refractivity contribution in [3.05, 3.63) is 87.6 Å². The second-order valence-corrected chi connectivity index (χ2v) is 11.0. The van der Waals surface area contributed by atoms with Crippen molar-refractivity contribution < 1.29 is 14.3 Å². The van der Waals surface area contributed by atoms with Crippen molar-refractivity contribution in [2.24, 2.45) is 0 Å². The summed E-state index contributed by atoms with van der Waals surface area (Å²) in [7, 11) is 0. The molecule has 0 aliphatic carbocycles. The Balaban J connectivity index is 1.50. The van der Waals surface area contributed by atoms with Crippen molar-refractivity contribution in [1.82, 2.24) is 14.7 Å². The Hall–Kier alpha value is -3.20. The molecular formula is C30H38N4O3S. The Morgan fingerprint density at radius 2 is 1.71 bits per heavy atom. The lowest BCUT2D eigenvalue weighted by Crippen LogP contribution is -2.48. The Morgan fingerprint density at radius 3 is 2.42 bits per heavy atom. The maximum absolute atomic E-state index is 13.8. The van der Waals surface area contributed by atoms with Crippen LogP contribution in [0.5, 0.6) is 0 Å². The van der Waals surface area contributed by atoms with Crippen molar-refractivity contribution in [2.75, 3.05) is 51.3 Å². The maximum Gasteiger partial charge on any atom is 0.322 e. The summed E-state index contributed by atoms with van der Waals surface area (Å²) in [6, 6.07) is 21.8. The molecule has 4 rings (SSSR count). The van der Waals surface area contributed by atoms with Crippen molar-refractivity contribution in [3.63, 3.8) is 0 Å². The Kier molecular flexibility index (Phi) is 10.3. The highest BCUT2D eigenvalue weighted by Gasteiger charge is 2.23. The zero-order chi connectivity index (χ0) is 26.7. The van der Waals surface area contributed by atoms with Crippen LogP contribution >= 0.6 is 11.3 Å². The predicted octanol–water partition coefficient (Wildman–Crippen LogP) is 5.01. The number of nitrogens with one attached hydrogen (secondary N) is 1. The number of carbonyl (C=O) groups excluding carboxylic acids is 2. The highest BCUT2D eigenvalue weighted by atomic mass is 32.1. The van der Waals surface area contributed by atoms with E-state index in [9.17, 15) is 9.59 Å². The van der Waals surface area contributed by atoms with Crippen LogP contribution in [0.2, 0.25) is 0 Å². The van der Waals surface area contributed by atoms with Gasteiger partial charge in [0.05, 0.1) is 19.8 Å². The largest absolute Gasteiger partial charge is 0.379 e. The predicted molar refractivity (Wildman–Crippen MR) is 153 cm³/mol. The van der Waals surface area contributed by atoms with E-state index in [1.807, 2.05) is 59.5 Å². The van der Waals surface area contributed by atoms with Crippen molar-refractivity contribution in [3.8, 4) is 0 Å². The van der Waals surface area contributed by atoms with E-state index >= 15 is 0 Å². The fourth-order valence-corrected chi connectivity index (χ4v) is 5.37. The maximum atomic E-state index is 13.8. The third-order valence-corrected chi connectivity index (χ3v) is 7.69. The number of morpholine rings is 1. The quantitative estimate of drug-likeness (QED) is 0.376. The summed E-state index contributed by atoms with van der Waals surface area (Å²) in [5.74, 6) is -0.0701. The summed E-state index contributed by atoms with van der Waals surface area (Å²) in [6.45, 7) is 9.40. The van der Waals surface area contributed by atoms with E-state index < -0.39 is 0 Å². The average Bonchev–Trinajstić information content (AvgIpc) is 3.36. The fourth-order valence-electron chi connectivity index (χ4n) is 4.47. The first-order valence-electron chi connectivity index (χ1n) is 13.3. The third-order valence-electron chi connectivity index (χ3n) is 6.70. The molecule has 2 heterocycles. The Morgan fingerprint density at radius 1 is 0.947 bits per heavy atom. The highest BCUT2D eigenvalue weighted by molar-refractivity contribution is 7.11. The molecule has 0 saturated carbocycles. The fraction of sp³-hybridized carbons (Fsp3) is 0.400. The number of aryl methyl sites for hydroxylation is 2. The molecule has 0 radical (unpaired) electrons. The normalized spacial score (nSPS) is 13.7. The van der Waals surface area contributed by atoms with Gasteiger partial charge in [-0.05, 0) is 48.7 Å². The van der Waals surface area contributed by atoms with E-state index in [2.05, 4.69) is 36.2 Å². The summed E-state index contributed by atoms with van der Waals surface area (Å²) in [5.41, 5.74) is 2.96. The van der Waals surface area contributed by atoms with Crippen LogP contribution in [0.25, 0.3) is 0 Å². The molecule has 0 unspecified atom stereocenters. The lowest BCUT2D eigenvalue weighted by Gasteiger charge is -2.31. The molecule has 8 heteroatoms. The third kappa shape index (κ3) is 8.41. The van der Waals surface area contributed by atoms with Gasteiger partial charge in [0.25, 0.3) is 0 Å². The number of rotatable bonds is 11. The number of benzene rings is 2. The van der Waals surface area contributed by atoms with E-state index in [0.717, 1.165) is 41.2 Å². The van der Waals surface area contributed by atoms with Crippen LogP contribution in [0.3, 0.4) is 0 Å². The number of anilines is 1. The minimum Gasteiger partial charge on any atom is -0.379 e. The van der Waals surface area contributed by atoms with Crippen LogP contribution < -0.4 is 5.32 Å². The highest BCUT2D eigenvalue weighted by Crippen LogP contribution is 2.19. The number of urea groups is 1. The molecule has 1 aliphatic heterocycles. The minimum absolute atomic E-state index is 0.0147. The SMILES string of the molecule is CCc1cccc(NC(=O)N(CCN2CCOCC2)CC(=O)N(Cc2ccccc2)Cc2ccc(C)s2)c1. The molecule has 2 aromatic carbocycles. The topological polar surface area (TPSA) is 65.1 Å². The summed E-state index contributed by atoms with van der Waals surface area (Å²) >= 11 is 1.70. The molecule has 202 valence electrons. The molecule has 38 heavy (non-hydrogen) atoms. The zero-order valence-electron chi connectivity index (χ0n) is 22.4. The monoisotopic (exact) mass is 534 g/mol. The van der Waals surface area contributed by atoms with Crippen molar-refractivity contribution in [1.29, 1.82) is 0 Å². The molecule has 3 aromatic rings. The summed E-state index contributed by atoms with van der Waals surface area (Å²) < 4.78 is 5.47. The Bertz CT molecular complexity index is 1180. The molecule has 1 N–H and O–H groups in total. The van der Waals surface area contributed by atoms with E-state index in [-0.39, 0.29) is 18.5 Å². The number of amides is 3. The van der Waals surface area contributed by atoms with Crippen LogP contribution in [0, 0.1) is 6.92 Å². The van der Waals surface area contributed by atoms with Crippen LogP contribution in [-0.4, -0.2) is 72.6 Å². The number of hydrogen-bond acceptors (Lipinski definition) is 5. The van der Waals surface area contributed by atoms with E-state index in [1.54, 1.807) is 16.2 Å². The van der Waals surface area contributed by atoms with Crippen LogP contribution in [0.15, 0.2) is 66.7 Å². The first-order chi connectivity index (χ1) is 18.5. The smallest absolute Gasteiger partial charge is 0.322 e. The van der Waals surface area contributed by atoms with Gasteiger partial charge in [-0.3, -0.25) is 9.69 Å². The molecular weight excluding hydrogens is 496 g/mol. The molecule has 1 fully saturated rings. The number of ether oxygens (including phenoxy) is 1. The van der Waals surface area contributed by atoms with Crippen LogP contribution in [0.4, 0.5) is 10.5 Å². The molecule has 1 aromatic heterocycles. The van der Waals surface area contributed by atoms with E-state index in [1.165, 1.54) is 4.88 Å². The molecule has 1 aliphatic rings. The minimum atomic E-state index is -0.258. The first-order valence-corrected chi connectivity index (χ1v) is 14.1. The molecule has 7 nitrogen and oxygen atoms in total. The summed E-state index contributed by atoms with van der Waals surface area (Å²) in [4.78, 5) is 35.3. The summed E-state index contributed by atoms with van der Waals surface area (Å²) in [5, 5.41) is 3.03. The van der Waals surface area contributed by atoms with Gasteiger partial charge in [-0.2, -0.15) is 0 Å². The van der Waals surface area contributed by atoms with Crippen molar-refractivity contribution in [2.45, 2.75) is 33.4 Å². The molecule has 3 amide bonds.